The van der Waals surface area contributed by atoms with Crippen molar-refractivity contribution in [2.75, 3.05) is 6.61 Å². The van der Waals surface area contributed by atoms with Crippen LogP contribution in [0.3, 0.4) is 0 Å². The third kappa shape index (κ3) is 2.78. The zero-order valence-electron chi connectivity index (χ0n) is 8.64. The topological polar surface area (TPSA) is 26.3 Å². The molecule has 0 atom stereocenters. The number of esters is 1. The van der Waals surface area contributed by atoms with Crippen molar-refractivity contribution in [1.29, 1.82) is 0 Å². The molecule has 0 bridgehead atoms. The minimum Gasteiger partial charge on any atom is -0.462 e. The van der Waals surface area contributed by atoms with E-state index in [-0.39, 0.29) is 5.82 Å². The lowest BCUT2D eigenvalue weighted by Crippen LogP contribution is -2.08. The maximum atomic E-state index is 13.4. The Bertz CT molecular complexity index is 377. The highest BCUT2D eigenvalue weighted by molar-refractivity contribution is 9.08. The number of alkyl halides is 1. The Labute approximate surface area is 96.6 Å². The molecule has 0 aliphatic carbocycles. The van der Waals surface area contributed by atoms with Crippen LogP contribution in [0, 0.1) is 12.7 Å². The Balaban J connectivity index is 3.15. The Morgan fingerprint density at radius 2 is 2.20 bits per heavy atom. The summed E-state index contributed by atoms with van der Waals surface area (Å²) in [7, 11) is 0. The highest BCUT2D eigenvalue weighted by atomic mass is 79.9. The van der Waals surface area contributed by atoms with Crippen molar-refractivity contribution in [3.05, 3.63) is 34.6 Å². The van der Waals surface area contributed by atoms with E-state index in [1.54, 1.807) is 19.9 Å². The Kier molecular flexibility index (Phi) is 4.27. The lowest BCUT2D eigenvalue weighted by Gasteiger charge is -2.08. The molecule has 0 unspecified atom stereocenters. The Morgan fingerprint density at radius 3 is 2.73 bits per heavy atom. The molecule has 1 rings (SSSR count). The van der Waals surface area contributed by atoms with Gasteiger partial charge in [-0.3, -0.25) is 0 Å². The first-order chi connectivity index (χ1) is 7.10. The van der Waals surface area contributed by atoms with Crippen LogP contribution in [0.5, 0.6) is 0 Å². The molecule has 2 nitrogen and oxygen atoms in total. The quantitative estimate of drug-likeness (QED) is 0.625. The summed E-state index contributed by atoms with van der Waals surface area (Å²) < 4.78 is 18.2. The molecule has 0 aromatic heterocycles. The van der Waals surface area contributed by atoms with Gasteiger partial charge in [-0.25, -0.2) is 9.18 Å². The molecule has 0 aliphatic heterocycles. The molecule has 0 fully saturated rings. The van der Waals surface area contributed by atoms with Crippen molar-refractivity contribution in [2.45, 2.75) is 19.2 Å². The van der Waals surface area contributed by atoms with E-state index in [9.17, 15) is 9.18 Å². The largest absolute Gasteiger partial charge is 0.462 e. The van der Waals surface area contributed by atoms with E-state index < -0.39 is 5.97 Å². The van der Waals surface area contributed by atoms with E-state index in [4.69, 9.17) is 4.74 Å². The number of benzene rings is 1. The van der Waals surface area contributed by atoms with Gasteiger partial charge in [0.25, 0.3) is 0 Å². The Hall–Kier alpha value is -0.900. The van der Waals surface area contributed by atoms with Crippen LogP contribution in [0.4, 0.5) is 4.39 Å². The molecule has 0 spiro atoms. The van der Waals surface area contributed by atoms with Gasteiger partial charge in [0.2, 0.25) is 0 Å². The maximum absolute atomic E-state index is 13.4. The molecular formula is C11H12BrFO2. The lowest BCUT2D eigenvalue weighted by atomic mass is 10.1. The second kappa shape index (κ2) is 5.26. The molecule has 0 heterocycles. The van der Waals surface area contributed by atoms with E-state index >= 15 is 0 Å². The van der Waals surface area contributed by atoms with E-state index in [1.807, 2.05) is 0 Å². The molecule has 4 heteroatoms. The Morgan fingerprint density at radius 1 is 1.53 bits per heavy atom. The fourth-order valence-electron chi connectivity index (χ4n) is 1.23. The smallest absolute Gasteiger partial charge is 0.338 e. The SMILES string of the molecule is CCOC(=O)c1cc(CBr)cc(F)c1C. The highest BCUT2D eigenvalue weighted by Gasteiger charge is 2.14. The number of hydrogen-bond acceptors (Lipinski definition) is 2. The zero-order valence-corrected chi connectivity index (χ0v) is 10.2. The van der Waals surface area contributed by atoms with Gasteiger partial charge in [0, 0.05) is 5.33 Å². The van der Waals surface area contributed by atoms with Crippen molar-refractivity contribution in [3.63, 3.8) is 0 Å². The summed E-state index contributed by atoms with van der Waals surface area (Å²) in [5.41, 5.74) is 1.35. The van der Waals surface area contributed by atoms with Crippen LogP contribution in [0.15, 0.2) is 12.1 Å². The monoisotopic (exact) mass is 274 g/mol. The first-order valence-electron chi connectivity index (χ1n) is 4.62. The number of carbonyl (C=O) groups is 1. The zero-order chi connectivity index (χ0) is 11.4. The molecule has 1 aromatic carbocycles. The fraction of sp³-hybridized carbons (Fsp3) is 0.364. The van der Waals surface area contributed by atoms with Crippen molar-refractivity contribution in [1.82, 2.24) is 0 Å². The van der Waals surface area contributed by atoms with E-state index in [0.29, 0.717) is 23.1 Å². The number of hydrogen-bond donors (Lipinski definition) is 0. The third-order valence-corrected chi connectivity index (χ3v) is 2.70. The molecule has 82 valence electrons. The number of rotatable bonds is 3. The van der Waals surface area contributed by atoms with Crippen molar-refractivity contribution in [2.24, 2.45) is 0 Å². The van der Waals surface area contributed by atoms with Gasteiger partial charge in [-0.15, -0.1) is 0 Å². The number of ether oxygens (including phenoxy) is 1. The summed E-state index contributed by atoms with van der Waals surface area (Å²) in [4.78, 5) is 11.5. The first kappa shape index (κ1) is 12.2. The molecule has 1 aromatic rings. The molecule has 0 N–H and O–H groups in total. The minimum atomic E-state index is -0.475. The van der Waals surface area contributed by atoms with E-state index in [0.717, 1.165) is 5.56 Å². The van der Waals surface area contributed by atoms with Crippen molar-refractivity contribution in [3.8, 4) is 0 Å². The third-order valence-electron chi connectivity index (χ3n) is 2.05. The molecule has 0 amide bonds. The predicted octanol–water partition coefficient (Wildman–Crippen LogP) is 3.21. The van der Waals surface area contributed by atoms with Gasteiger partial charge in [0.15, 0.2) is 0 Å². The summed E-state index contributed by atoms with van der Waals surface area (Å²) in [6.07, 6.45) is 0. The molecule has 0 saturated heterocycles. The van der Waals surface area contributed by atoms with Crippen LogP contribution in [0.2, 0.25) is 0 Å². The molecule has 0 radical (unpaired) electrons. The molecule has 15 heavy (non-hydrogen) atoms. The van der Waals surface area contributed by atoms with Gasteiger partial charge in [0.05, 0.1) is 12.2 Å². The van der Waals surface area contributed by atoms with Crippen molar-refractivity contribution >= 4 is 21.9 Å². The lowest BCUT2D eigenvalue weighted by molar-refractivity contribution is 0.0524. The minimum absolute atomic E-state index is 0.290. The molecule has 0 aliphatic rings. The van der Waals surface area contributed by atoms with Gasteiger partial charge < -0.3 is 4.74 Å². The number of carbonyl (C=O) groups excluding carboxylic acids is 1. The normalized spacial score (nSPS) is 10.1. The standard InChI is InChI=1S/C11H12BrFO2/c1-3-15-11(14)9-4-8(6-12)5-10(13)7(9)2/h4-5H,3,6H2,1-2H3. The highest BCUT2D eigenvalue weighted by Crippen LogP contribution is 2.18. The van der Waals surface area contributed by atoms with Crippen molar-refractivity contribution < 1.29 is 13.9 Å². The van der Waals surface area contributed by atoms with Crippen LogP contribution in [0.25, 0.3) is 0 Å². The van der Waals surface area contributed by atoms with E-state index in [1.165, 1.54) is 6.07 Å². The molecular weight excluding hydrogens is 263 g/mol. The molecule has 0 saturated carbocycles. The van der Waals surface area contributed by atoms with Gasteiger partial charge in [0.1, 0.15) is 5.82 Å². The summed E-state index contributed by atoms with van der Waals surface area (Å²) in [5.74, 6) is -0.855. The summed E-state index contributed by atoms with van der Waals surface area (Å²) in [6.45, 7) is 3.58. The maximum Gasteiger partial charge on any atom is 0.338 e. The van der Waals surface area contributed by atoms with Crippen LogP contribution in [-0.2, 0) is 10.1 Å². The predicted molar refractivity (Wildman–Crippen MR) is 59.7 cm³/mol. The second-order valence-electron chi connectivity index (χ2n) is 3.10. The average molecular weight is 275 g/mol. The van der Waals surface area contributed by atoms with Gasteiger partial charge in [-0.2, -0.15) is 0 Å². The average Bonchev–Trinajstić information content (AvgIpc) is 2.22. The summed E-state index contributed by atoms with van der Waals surface area (Å²) in [5, 5.41) is 0.511. The first-order valence-corrected chi connectivity index (χ1v) is 5.74. The van der Waals surface area contributed by atoms with Crippen LogP contribution >= 0.6 is 15.9 Å². The van der Waals surface area contributed by atoms with Gasteiger partial charge in [-0.1, -0.05) is 15.9 Å². The summed E-state index contributed by atoms with van der Waals surface area (Å²) in [6, 6.07) is 3.05. The van der Waals surface area contributed by atoms with Crippen LogP contribution in [-0.4, -0.2) is 12.6 Å². The van der Waals surface area contributed by atoms with Crippen LogP contribution < -0.4 is 0 Å². The summed E-state index contributed by atoms with van der Waals surface area (Å²) >= 11 is 3.22. The fourth-order valence-corrected chi connectivity index (χ4v) is 1.56. The van der Waals surface area contributed by atoms with Gasteiger partial charge in [-0.05, 0) is 37.1 Å². The van der Waals surface area contributed by atoms with Crippen LogP contribution in [0.1, 0.15) is 28.4 Å². The van der Waals surface area contributed by atoms with E-state index in [2.05, 4.69) is 15.9 Å². The second-order valence-corrected chi connectivity index (χ2v) is 3.67. The van der Waals surface area contributed by atoms with Gasteiger partial charge >= 0.3 is 5.97 Å². The number of halogens is 2.